The van der Waals surface area contributed by atoms with Crippen molar-refractivity contribution in [1.82, 2.24) is 14.5 Å². The molecule has 0 bridgehead atoms. The summed E-state index contributed by atoms with van der Waals surface area (Å²) < 4.78 is 7.69. The number of nitrogens with zero attached hydrogens (tertiary/aromatic N) is 3. The highest BCUT2D eigenvalue weighted by Gasteiger charge is 2.45. The zero-order valence-electron chi connectivity index (χ0n) is 18.3. The van der Waals surface area contributed by atoms with E-state index in [0.29, 0.717) is 25.1 Å². The molecule has 1 aromatic heterocycles. The molecule has 5 rings (SSSR count). The lowest BCUT2D eigenvalue weighted by atomic mass is 9.94. The van der Waals surface area contributed by atoms with E-state index < -0.39 is 17.7 Å². The lowest BCUT2D eigenvalue weighted by Crippen LogP contribution is -2.31. The Morgan fingerprint density at radius 1 is 1.15 bits per heavy atom. The second-order valence-corrected chi connectivity index (χ2v) is 8.51. The third kappa shape index (κ3) is 3.91. The molecule has 3 aromatic rings. The van der Waals surface area contributed by atoms with Gasteiger partial charge in [-0.05, 0) is 42.7 Å². The van der Waals surface area contributed by atoms with E-state index in [2.05, 4.69) is 4.98 Å². The summed E-state index contributed by atoms with van der Waals surface area (Å²) in [7, 11) is 0. The van der Waals surface area contributed by atoms with E-state index in [4.69, 9.17) is 4.74 Å². The van der Waals surface area contributed by atoms with Crippen LogP contribution in [0.2, 0.25) is 0 Å². The van der Waals surface area contributed by atoms with Crippen molar-refractivity contribution in [2.24, 2.45) is 0 Å². The molecule has 2 aromatic carbocycles. The van der Waals surface area contributed by atoms with Gasteiger partial charge in [0.2, 0.25) is 0 Å². The van der Waals surface area contributed by atoms with Gasteiger partial charge in [0.15, 0.2) is 0 Å². The summed E-state index contributed by atoms with van der Waals surface area (Å²) in [5, 5.41) is 11.3. The Kier molecular flexibility index (Phi) is 5.46. The number of aliphatic hydroxyl groups excluding tert-OH is 1. The quantitative estimate of drug-likeness (QED) is 0.357. The van der Waals surface area contributed by atoms with Gasteiger partial charge in [0.25, 0.3) is 11.7 Å². The summed E-state index contributed by atoms with van der Waals surface area (Å²) in [5.74, 6) is -0.608. The zero-order chi connectivity index (χ0) is 22.9. The standard InChI is InChI=1S/C26H25N3O4/c1-17-14-20-15-19(8-9-21(20)33-17)24(30)22-23(18-6-3-2-4-7-18)29(26(32)25(22)31)12-5-11-28-13-10-27-16-28/h2-4,6-10,13,15-17,23,30H,5,11-12,14H2,1H3/t17-,23-/m0/s1. The van der Waals surface area contributed by atoms with E-state index in [-0.39, 0.29) is 17.4 Å². The van der Waals surface area contributed by atoms with Gasteiger partial charge in [0.1, 0.15) is 17.6 Å². The van der Waals surface area contributed by atoms with Gasteiger partial charge in [0.05, 0.1) is 17.9 Å². The molecule has 0 spiro atoms. The van der Waals surface area contributed by atoms with E-state index in [1.54, 1.807) is 23.5 Å². The van der Waals surface area contributed by atoms with Gasteiger partial charge in [-0.3, -0.25) is 9.59 Å². The predicted octanol–water partition coefficient (Wildman–Crippen LogP) is 3.72. The molecule has 7 heteroatoms. The van der Waals surface area contributed by atoms with Crippen LogP contribution in [-0.4, -0.2) is 43.9 Å². The van der Waals surface area contributed by atoms with Crippen LogP contribution in [0.1, 0.15) is 36.1 Å². The van der Waals surface area contributed by atoms with Crippen molar-refractivity contribution in [1.29, 1.82) is 0 Å². The third-order valence-corrected chi connectivity index (χ3v) is 6.20. The Balaban J connectivity index is 1.51. The number of benzene rings is 2. The lowest BCUT2D eigenvalue weighted by Gasteiger charge is -2.25. The molecule has 1 N–H and O–H groups in total. The normalized spacial score (nSPS) is 21.3. The monoisotopic (exact) mass is 443 g/mol. The summed E-state index contributed by atoms with van der Waals surface area (Å²) in [5.41, 5.74) is 2.42. The molecule has 0 unspecified atom stereocenters. The number of carbonyl (C=O) groups is 2. The Bertz CT molecular complexity index is 1220. The number of hydrogen-bond donors (Lipinski definition) is 1. The number of imidazole rings is 1. The number of aromatic nitrogens is 2. The molecule has 0 saturated carbocycles. The van der Waals surface area contributed by atoms with E-state index in [1.165, 1.54) is 0 Å². The summed E-state index contributed by atoms with van der Waals surface area (Å²) in [6.07, 6.45) is 6.76. The Labute approximate surface area is 191 Å². The van der Waals surface area contributed by atoms with Gasteiger partial charge in [-0.15, -0.1) is 0 Å². The minimum absolute atomic E-state index is 0.0720. The first kappa shape index (κ1) is 21.0. The fraction of sp³-hybridized carbons (Fsp3) is 0.269. The fourth-order valence-electron chi connectivity index (χ4n) is 4.66. The average molecular weight is 444 g/mol. The number of carbonyl (C=O) groups excluding carboxylic acids is 2. The minimum atomic E-state index is -0.658. The van der Waals surface area contributed by atoms with Gasteiger partial charge >= 0.3 is 0 Å². The van der Waals surface area contributed by atoms with E-state index in [1.807, 2.05) is 60.2 Å². The molecule has 2 atom stereocenters. The van der Waals surface area contributed by atoms with Gasteiger partial charge in [-0.1, -0.05) is 30.3 Å². The predicted molar refractivity (Wildman–Crippen MR) is 123 cm³/mol. The number of fused-ring (bicyclic) bond motifs is 1. The van der Waals surface area contributed by atoms with E-state index >= 15 is 0 Å². The van der Waals surface area contributed by atoms with Gasteiger partial charge < -0.3 is 19.3 Å². The molecule has 33 heavy (non-hydrogen) atoms. The van der Waals surface area contributed by atoms with Crippen LogP contribution in [0, 0.1) is 0 Å². The molecule has 3 heterocycles. The maximum atomic E-state index is 13.1. The molecule has 0 aliphatic carbocycles. The number of aryl methyl sites for hydroxylation is 1. The average Bonchev–Trinajstić information content (AvgIpc) is 3.53. The van der Waals surface area contributed by atoms with Crippen molar-refractivity contribution in [2.75, 3.05) is 6.54 Å². The first-order valence-corrected chi connectivity index (χ1v) is 11.1. The number of ether oxygens (including phenoxy) is 1. The van der Waals surface area contributed by atoms with Crippen molar-refractivity contribution in [3.8, 4) is 5.75 Å². The smallest absolute Gasteiger partial charge is 0.295 e. The molecule has 168 valence electrons. The van der Waals surface area contributed by atoms with Crippen LogP contribution in [0.25, 0.3) is 5.76 Å². The Hall–Kier alpha value is -3.87. The second-order valence-electron chi connectivity index (χ2n) is 8.51. The summed E-state index contributed by atoms with van der Waals surface area (Å²) >= 11 is 0. The highest BCUT2D eigenvalue weighted by Crippen LogP contribution is 2.40. The highest BCUT2D eigenvalue weighted by atomic mass is 16.5. The fourth-order valence-corrected chi connectivity index (χ4v) is 4.66. The number of rotatable bonds is 6. The van der Waals surface area contributed by atoms with E-state index in [0.717, 1.165) is 23.3 Å². The van der Waals surface area contributed by atoms with Crippen LogP contribution in [-0.2, 0) is 22.6 Å². The Morgan fingerprint density at radius 3 is 2.73 bits per heavy atom. The third-order valence-electron chi connectivity index (χ3n) is 6.20. The molecular formula is C26H25N3O4. The van der Waals surface area contributed by atoms with Crippen molar-refractivity contribution in [2.45, 2.75) is 38.5 Å². The number of Topliss-reactive ketones (excluding diaryl/α,β-unsaturated/α-hetero) is 1. The minimum Gasteiger partial charge on any atom is -0.507 e. The Morgan fingerprint density at radius 2 is 1.97 bits per heavy atom. The van der Waals surface area contributed by atoms with E-state index in [9.17, 15) is 14.7 Å². The molecule has 2 aliphatic heterocycles. The van der Waals surface area contributed by atoms with Crippen LogP contribution >= 0.6 is 0 Å². The SMILES string of the molecule is C[C@H]1Cc2cc(C(O)=C3C(=O)C(=O)N(CCCn4ccnc4)[C@H]3c3ccccc3)ccc2O1. The van der Waals surface area contributed by atoms with Gasteiger partial charge in [0, 0.05) is 37.5 Å². The number of hydrogen-bond acceptors (Lipinski definition) is 5. The topological polar surface area (TPSA) is 84.7 Å². The summed E-state index contributed by atoms with van der Waals surface area (Å²) in [6, 6.07) is 14.1. The zero-order valence-corrected chi connectivity index (χ0v) is 18.3. The van der Waals surface area contributed by atoms with Gasteiger partial charge in [-0.2, -0.15) is 0 Å². The van der Waals surface area contributed by atoms with Crippen molar-refractivity contribution < 1.29 is 19.4 Å². The molecular weight excluding hydrogens is 418 g/mol. The van der Waals surface area contributed by atoms with Crippen LogP contribution in [0.4, 0.5) is 0 Å². The largest absolute Gasteiger partial charge is 0.507 e. The van der Waals surface area contributed by atoms with Crippen molar-refractivity contribution in [3.63, 3.8) is 0 Å². The maximum absolute atomic E-state index is 13.1. The van der Waals surface area contributed by atoms with Crippen LogP contribution in [0.15, 0.2) is 72.8 Å². The van der Waals surface area contributed by atoms with Crippen molar-refractivity contribution in [3.05, 3.63) is 89.5 Å². The van der Waals surface area contributed by atoms with Crippen molar-refractivity contribution >= 4 is 17.4 Å². The molecule has 1 saturated heterocycles. The molecule has 0 radical (unpaired) electrons. The molecule has 7 nitrogen and oxygen atoms in total. The summed E-state index contributed by atoms with van der Waals surface area (Å²) in [6.45, 7) is 3.05. The summed E-state index contributed by atoms with van der Waals surface area (Å²) in [4.78, 5) is 31.8. The van der Waals surface area contributed by atoms with Gasteiger partial charge in [-0.25, -0.2) is 4.98 Å². The number of amides is 1. The van der Waals surface area contributed by atoms with Crippen LogP contribution < -0.4 is 4.74 Å². The maximum Gasteiger partial charge on any atom is 0.295 e. The number of likely N-dealkylation sites (tertiary alicyclic amines) is 1. The number of aliphatic hydroxyl groups is 1. The first-order valence-electron chi connectivity index (χ1n) is 11.1. The molecule has 1 fully saturated rings. The second kappa shape index (κ2) is 8.58. The number of ketones is 1. The lowest BCUT2D eigenvalue weighted by molar-refractivity contribution is -0.139. The van der Waals surface area contributed by atoms with Crippen LogP contribution in [0.3, 0.4) is 0 Å². The molecule has 1 amide bonds. The highest BCUT2D eigenvalue weighted by molar-refractivity contribution is 6.46. The molecule has 2 aliphatic rings. The first-order chi connectivity index (χ1) is 16.0. The van der Waals surface area contributed by atoms with Crippen LogP contribution in [0.5, 0.6) is 5.75 Å².